The zero-order valence-corrected chi connectivity index (χ0v) is 22.5. The fraction of sp³-hybridized carbons (Fsp3) is 0.429. The maximum absolute atomic E-state index is 8.90. The maximum atomic E-state index is 8.90. The lowest BCUT2D eigenvalue weighted by Crippen LogP contribution is -2.23. The van der Waals surface area contributed by atoms with Gasteiger partial charge >= 0.3 is 0 Å². The summed E-state index contributed by atoms with van der Waals surface area (Å²) >= 11 is 1.78. The lowest BCUT2D eigenvalue weighted by molar-refractivity contribution is -0.244. The van der Waals surface area contributed by atoms with Gasteiger partial charge in [-0.15, -0.1) is 16.6 Å². The summed E-state index contributed by atoms with van der Waals surface area (Å²) in [5.41, 5.74) is 2.61. The number of ether oxygens (including phenoxy) is 2. The van der Waals surface area contributed by atoms with Crippen LogP contribution in [0.1, 0.15) is 54.5 Å². The van der Waals surface area contributed by atoms with Gasteiger partial charge in [0.05, 0.1) is 23.9 Å². The number of amidine groups is 1. The maximum Gasteiger partial charge on any atom is 0.183 e. The summed E-state index contributed by atoms with van der Waals surface area (Å²) in [6.07, 6.45) is 6.24. The molecule has 0 fully saturated rings. The predicted octanol–water partition coefficient (Wildman–Crippen LogP) is 6.08. The summed E-state index contributed by atoms with van der Waals surface area (Å²) in [5.74, 6) is 1.15. The molecule has 37 heavy (non-hydrogen) atoms. The second kappa shape index (κ2) is 15.3. The number of hydroxylamine groups is 2. The van der Waals surface area contributed by atoms with Gasteiger partial charge in [-0.1, -0.05) is 13.3 Å². The Morgan fingerprint density at radius 1 is 0.919 bits per heavy atom. The van der Waals surface area contributed by atoms with Crippen molar-refractivity contribution >= 4 is 17.2 Å². The van der Waals surface area contributed by atoms with Gasteiger partial charge in [-0.25, -0.2) is 4.98 Å². The van der Waals surface area contributed by atoms with Crippen LogP contribution in [0, 0.1) is 12.3 Å². The Kier molecular flexibility index (Phi) is 11.8. The number of unbranched alkanes of at least 4 members (excludes halogenated alkanes) is 3. The van der Waals surface area contributed by atoms with E-state index in [-0.39, 0.29) is 5.23 Å². The first-order valence-corrected chi connectivity index (χ1v) is 13.7. The highest BCUT2D eigenvalue weighted by molar-refractivity contribution is 7.12. The molecule has 4 N–H and O–H groups in total. The molecule has 9 heteroatoms. The average Bonchev–Trinajstić information content (AvgIpc) is 3.28. The van der Waals surface area contributed by atoms with E-state index < -0.39 is 5.84 Å². The van der Waals surface area contributed by atoms with E-state index in [4.69, 9.17) is 30.3 Å². The number of aryl methyl sites for hydroxylation is 1. The molecule has 200 valence electrons. The van der Waals surface area contributed by atoms with Crippen LogP contribution >= 0.6 is 11.3 Å². The molecular formula is C28H38N4O4S. The van der Waals surface area contributed by atoms with Crippen LogP contribution in [0.2, 0.25) is 0 Å². The first-order valence-electron chi connectivity index (χ1n) is 12.9. The number of rotatable bonds is 16. The lowest BCUT2D eigenvalue weighted by atomic mass is 10.1. The fourth-order valence-corrected chi connectivity index (χ4v) is 4.75. The lowest BCUT2D eigenvalue weighted by Gasteiger charge is -2.11. The van der Waals surface area contributed by atoms with Crippen molar-refractivity contribution < 1.29 is 19.9 Å². The number of thiazole rings is 1. The Hall–Kier alpha value is -2.98. The van der Waals surface area contributed by atoms with E-state index in [1.165, 1.54) is 17.7 Å². The molecule has 0 bridgehead atoms. The van der Waals surface area contributed by atoms with Crippen LogP contribution in [0.4, 0.5) is 0 Å². The van der Waals surface area contributed by atoms with Crippen LogP contribution in [-0.2, 0) is 6.42 Å². The average molecular weight is 527 g/mol. The quantitative estimate of drug-likeness (QED) is 0.0774. The smallest absolute Gasteiger partial charge is 0.183 e. The van der Waals surface area contributed by atoms with Gasteiger partial charge in [-0.2, -0.15) is 0 Å². The third-order valence-electron chi connectivity index (χ3n) is 5.82. The van der Waals surface area contributed by atoms with E-state index in [0.29, 0.717) is 24.5 Å². The summed E-state index contributed by atoms with van der Waals surface area (Å²) in [6.45, 7) is 7.56. The molecule has 0 saturated heterocycles. The molecule has 0 radical (unpaired) electrons. The van der Waals surface area contributed by atoms with Gasteiger partial charge < -0.3 is 14.8 Å². The van der Waals surface area contributed by atoms with Gasteiger partial charge in [0.2, 0.25) is 0 Å². The van der Waals surface area contributed by atoms with Gasteiger partial charge in [0.15, 0.2) is 5.84 Å². The van der Waals surface area contributed by atoms with Gasteiger partial charge in [0, 0.05) is 22.5 Å². The number of nitrogens with zero attached hydrogens (tertiary/aromatic N) is 2. The number of aromatic nitrogens is 1. The Labute approximate surface area is 223 Å². The minimum atomic E-state index is -0.394. The highest BCUT2D eigenvalue weighted by atomic mass is 32.1. The Morgan fingerprint density at radius 3 is 2.14 bits per heavy atom. The zero-order valence-electron chi connectivity index (χ0n) is 21.7. The van der Waals surface area contributed by atoms with E-state index in [0.717, 1.165) is 60.8 Å². The van der Waals surface area contributed by atoms with E-state index >= 15 is 0 Å². The van der Waals surface area contributed by atoms with Crippen LogP contribution in [-0.4, -0.2) is 52.8 Å². The minimum Gasteiger partial charge on any atom is -0.494 e. The molecule has 1 heterocycles. The van der Waals surface area contributed by atoms with Crippen LogP contribution in [0.5, 0.6) is 11.5 Å². The van der Waals surface area contributed by atoms with Crippen molar-refractivity contribution in [2.24, 2.45) is 0 Å². The summed E-state index contributed by atoms with van der Waals surface area (Å²) in [7, 11) is 0. The predicted molar refractivity (Wildman–Crippen MR) is 147 cm³/mol. The number of hydrogen-bond acceptors (Lipinski definition) is 8. The molecule has 3 rings (SSSR count). The SMILES string of the molecule is CCCCNCCc1sc(C)nc1-c1ccc(OCCCCCOc2ccc(C(=N)N(O)O)cc2)cc1. The Balaban J connectivity index is 1.34. The summed E-state index contributed by atoms with van der Waals surface area (Å²) < 4.78 is 11.6. The van der Waals surface area contributed by atoms with Crippen molar-refractivity contribution in [2.75, 3.05) is 26.3 Å². The largest absolute Gasteiger partial charge is 0.494 e. The third-order valence-corrected chi connectivity index (χ3v) is 6.85. The molecule has 0 saturated carbocycles. The van der Waals surface area contributed by atoms with Crippen LogP contribution in [0.15, 0.2) is 48.5 Å². The topological polar surface area (TPSA) is 111 Å². The molecule has 0 aliphatic rings. The first kappa shape index (κ1) is 28.6. The standard InChI is InChI=1S/C28H38N4O4S/c1-3-4-17-30-18-16-26-27(31-21(2)37-26)22-8-12-24(13-9-22)35-19-6-5-7-20-36-25-14-10-23(11-15-25)28(29)32(33)34/h8-15,29-30,33-34H,3-7,16-20H2,1-2H3. The second-order valence-corrected chi connectivity index (χ2v) is 10.1. The normalized spacial score (nSPS) is 10.9. The number of nitrogens with one attached hydrogen (secondary N) is 2. The molecular weight excluding hydrogens is 488 g/mol. The molecule has 0 aliphatic carbocycles. The van der Waals surface area contributed by atoms with Gasteiger partial charge in [-0.05, 0) is 94.1 Å². The summed E-state index contributed by atoms with van der Waals surface area (Å²) in [5, 5.41) is 29.7. The van der Waals surface area contributed by atoms with Crippen LogP contribution in [0.25, 0.3) is 11.3 Å². The van der Waals surface area contributed by atoms with E-state index in [1.807, 2.05) is 12.1 Å². The second-order valence-electron chi connectivity index (χ2n) is 8.80. The molecule has 0 spiro atoms. The molecule has 0 amide bonds. The van der Waals surface area contributed by atoms with Gasteiger partial charge in [0.25, 0.3) is 0 Å². The molecule has 0 aliphatic heterocycles. The van der Waals surface area contributed by atoms with Crippen molar-refractivity contribution in [1.29, 1.82) is 5.41 Å². The molecule has 3 aromatic rings. The highest BCUT2D eigenvalue weighted by Crippen LogP contribution is 2.29. The highest BCUT2D eigenvalue weighted by Gasteiger charge is 2.11. The fourth-order valence-electron chi connectivity index (χ4n) is 3.79. The molecule has 1 aromatic heterocycles. The summed E-state index contributed by atoms with van der Waals surface area (Å²) in [6, 6.07) is 14.9. The van der Waals surface area contributed by atoms with Crippen molar-refractivity contribution in [3.63, 3.8) is 0 Å². The minimum absolute atomic E-state index is 0.209. The van der Waals surface area contributed by atoms with Crippen molar-refractivity contribution in [1.82, 2.24) is 15.5 Å². The van der Waals surface area contributed by atoms with E-state index in [2.05, 4.69) is 31.3 Å². The Bertz CT molecular complexity index is 1080. The number of benzene rings is 2. The number of hydrogen-bond donors (Lipinski definition) is 4. The molecule has 0 atom stereocenters. The molecule has 2 aromatic carbocycles. The molecule has 0 unspecified atom stereocenters. The van der Waals surface area contributed by atoms with Crippen molar-refractivity contribution in [3.05, 3.63) is 64.0 Å². The van der Waals surface area contributed by atoms with Gasteiger partial charge in [-0.3, -0.25) is 15.8 Å². The Morgan fingerprint density at radius 2 is 1.54 bits per heavy atom. The van der Waals surface area contributed by atoms with E-state index in [9.17, 15) is 0 Å². The van der Waals surface area contributed by atoms with Crippen molar-refractivity contribution in [2.45, 2.75) is 52.4 Å². The van der Waals surface area contributed by atoms with Gasteiger partial charge in [0.1, 0.15) is 11.5 Å². The summed E-state index contributed by atoms with van der Waals surface area (Å²) in [4.78, 5) is 6.11. The van der Waals surface area contributed by atoms with Crippen LogP contribution < -0.4 is 14.8 Å². The monoisotopic (exact) mass is 526 g/mol. The first-order chi connectivity index (χ1) is 18.0. The molecule has 8 nitrogen and oxygen atoms in total. The third kappa shape index (κ3) is 9.44. The zero-order chi connectivity index (χ0) is 26.5. The van der Waals surface area contributed by atoms with Crippen LogP contribution in [0.3, 0.4) is 0 Å². The van der Waals surface area contributed by atoms with E-state index in [1.54, 1.807) is 35.6 Å². The van der Waals surface area contributed by atoms with Crippen molar-refractivity contribution in [3.8, 4) is 22.8 Å².